The van der Waals surface area contributed by atoms with E-state index in [1.807, 2.05) is 31.2 Å². The van der Waals surface area contributed by atoms with Crippen LogP contribution < -0.4 is 14.2 Å². The molecule has 3 aromatic rings. The first-order valence-corrected chi connectivity index (χ1v) is 10.0. The first-order valence-electron chi connectivity index (χ1n) is 9.25. The van der Waals surface area contributed by atoms with E-state index in [9.17, 15) is 4.79 Å². The summed E-state index contributed by atoms with van der Waals surface area (Å²) < 4.78 is 17.0. The molecule has 0 aromatic heterocycles. The van der Waals surface area contributed by atoms with Gasteiger partial charge in [-0.1, -0.05) is 41.4 Å². The maximum Gasteiger partial charge on any atom is 0.232 e. The lowest BCUT2D eigenvalue weighted by molar-refractivity contribution is 0.101. The Hall–Kier alpha value is -2.95. The minimum Gasteiger partial charge on any atom is -0.497 e. The van der Waals surface area contributed by atoms with Gasteiger partial charge in [0.05, 0.1) is 12.7 Å². The highest BCUT2D eigenvalue weighted by Gasteiger charge is 2.30. The van der Waals surface area contributed by atoms with E-state index in [1.165, 1.54) is 0 Å². The second kappa shape index (κ2) is 8.42. The van der Waals surface area contributed by atoms with Gasteiger partial charge in [-0.3, -0.25) is 4.79 Å². The van der Waals surface area contributed by atoms with Crippen LogP contribution in [0.2, 0.25) is 10.0 Å². The van der Waals surface area contributed by atoms with E-state index in [0.29, 0.717) is 38.4 Å². The van der Waals surface area contributed by atoms with Crippen LogP contribution in [-0.2, 0) is 6.61 Å². The highest BCUT2D eigenvalue weighted by molar-refractivity contribution is 6.35. The summed E-state index contributed by atoms with van der Waals surface area (Å²) in [6, 6.07) is 16.2. The number of ketones is 1. The van der Waals surface area contributed by atoms with Crippen molar-refractivity contribution < 1.29 is 19.0 Å². The number of fused-ring (bicyclic) bond motifs is 1. The third-order valence-corrected chi connectivity index (χ3v) is 5.49. The van der Waals surface area contributed by atoms with Gasteiger partial charge in [-0.25, -0.2) is 0 Å². The molecule has 0 fully saturated rings. The Morgan fingerprint density at radius 3 is 2.47 bits per heavy atom. The molecule has 6 heteroatoms. The van der Waals surface area contributed by atoms with E-state index in [0.717, 1.165) is 11.1 Å². The molecule has 0 bridgehead atoms. The lowest BCUT2D eigenvalue weighted by Gasteiger charge is -2.11. The van der Waals surface area contributed by atoms with Gasteiger partial charge < -0.3 is 14.2 Å². The third kappa shape index (κ3) is 4.02. The third-order valence-electron chi connectivity index (χ3n) is 4.78. The Labute approximate surface area is 184 Å². The quantitative estimate of drug-likeness (QED) is 0.424. The summed E-state index contributed by atoms with van der Waals surface area (Å²) in [7, 11) is 1.60. The second-order valence-corrected chi connectivity index (χ2v) is 7.63. The number of benzene rings is 3. The minimum absolute atomic E-state index is 0.161. The average molecular weight is 441 g/mol. The maximum absolute atomic E-state index is 12.9. The fraction of sp³-hybridized carbons (Fsp3) is 0.125. The van der Waals surface area contributed by atoms with E-state index in [-0.39, 0.29) is 18.1 Å². The predicted octanol–water partition coefficient (Wildman–Crippen LogP) is 6.51. The molecule has 1 aliphatic heterocycles. The van der Waals surface area contributed by atoms with Crippen molar-refractivity contribution in [3.05, 3.63) is 92.7 Å². The Morgan fingerprint density at radius 1 is 1.00 bits per heavy atom. The van der Waals surface area contributed by atoms with Crippen LogP contribution in [0.3, 0.4) is 0 Å². The fourth-order valence-corrected chi connectivity index (χ4v) is 3.78. The summed E-state index contributed by atoms with van der Waals surface area (Å²) in [5.74, 6) is 1.84. The Balaban J connectivity index is 1.58. The Morgan fingerprint density at radius 2 is 1.73 bits per heavy atom. The van der Waals surface area contributed by atoms with Gasteiger partial charge in [0.1, 0.15) is 23.9 Å². The fourth-order valence-electron chi connectivity index (χ4n) is 3.27. The van der Waals surface area contributed by atoms with Gasteiger partial charge in [0, 0.05) is 21.7 Å². The molecule has 0 N–H and O–H groups in total. The number of ether oxygens (including phenoxy) is 3. The monoisotopic (exact) mass is 440 g/mol. The van der Waals surface area contributed by atoms with Gasteiger partial charge in [-0.2, -0.15) is 0 Å². The summed E-state index contributed by atoms with van der Waals surface area (Å²) in [6.45, 7) is 2.06. The number of halogens is 2. The van der Waals surface area contributed by atoms with Crippen LogP contribution in [0, 0.1) is 6.92 Å². The molecule has 0 amide bonds. The van der Waals surface area contributed by atoms with Gasteiger partial charge in [-0.15, -0.1) is 0 Å². The van der Waals surface area contributed by atoms with Crippen LogP contribution in [0.15, 0.2) is 60.4 Å². The van der Waals surface area contributed by atoms with Crippen LogP contribution in [0.4, 0.5) is 0 Å². The van der Waals surface area contributed by atoms with Crippen molar-refractivity contribution in [2.75, 3.05) is 7.11 Å². The summed E-state index contributed by atoms with van der Waals surface area (Å²) >= 11 is 12.4. The maximum atomic E-state index is 12.9. The zero-order valence-electron chi connectivity index (χ0n) is 16.4. The number of hydrogen-bond acceptors (Lipinski definition) is 4. The van der Waals surface area contributed by atoms with Gasteiger partial charge in [-0.05, 0) is 54.5 Å². The molecule has 0 saturated heterocycles. The minimum atomic E-state index is -0.161. The topological polar surface area (TPSA) is 44.8 Å². The van der Waals surface area contributed by atoms with E-state index in [2.05, 4.69) is 0 Å². The van der Waals surface area contributed by atoms with Crippen LogP contribution in [-0.4, -0.2) is 12.9 Å². The van der Waals surface area contributed by atoms with Gasteiger partial charge in [0.25, 0.3) is 0 Å². The van der Waals surface area contributed by atoms with Crippen molar-refractivity contribution in [2.24, 2.45) is 0 Å². The number of allylic oxidation sites excluding steroid dienone is 1. The van der Waals surface area contributed by atoms with Crippen molar-refractivity contribution >= 4 is 35.1 Å². The van der Waals surface area contributed by atoms with Crippen molar-refractivity contribution in [3.8, 4) is 17.2 Å². The van der Waals surface area contributed by atoms with Crippen molar-refractivity contribution in [3.63, 3.8) is 0 Å². The molecule has 3 aromatic carbocycles. The normalized spacial score (nSPS) is 13.9. The van der Waals surface area contributed by atoms with Crippen LogP contribution in [0.5, 0.6) is 17.2 Å². The molecule has 0 saturated carbocycles. The number of Topliss-reactive ketones (excluding diaryl/α,β-unsaturated/α-hetero) is 1. The first-order chi connectivity index (χ1) is 14.5. The van der Waals surface area contributed by atoms with Crippen molar-refractivity contribution in [1.82, 2.24) is 0 Å². The lowest BCUT2D eigenvalue weighted by atomic mass is 10.0. The van der Waals surface area contributed by atoms with Crippen molar-refractivity contribution in [2.45, 2.75) is 13.5 Å². The smallest absolute Gasteiger partial charge is 0.232 e. The van der Waals surface area contributed by atoms with E-state index < -0.39 is 0 Å². The number of carbonyl (C=O) groups excluding carboxylic acids is 1. The molecular weight excluding hydrogens is 423 g/mol. The van der Waals surface area contributed by atoms with E-state index >= 15 is 0 Å². The number of hydrogen-bond donors (Lipinski definition) is 0. The van der Waals surface area contributed by atoms with Crippen LogP contribution in [0.25, 0.3) is 6.08 Å². The van der Waals surface area contributed by atoms with Gasteiger partial charge >= 0.3 is 0 Å². The summed E-state index contributed by atoms with van der Waals surface area (Å²) in [6.07, 6.45) is 1.70. The molecule has 0 radical (unpaired) electrons. The molecule has 1 aliphatic rings. The zero-order chi connectivity index (χ0) is 21.3. The standard InChI is InChI=1S/C24H18Cl2O4/c1-14-9-17(29-13-18-19(25)7-4-8-20(18)26)12-21-23(14)24(27)22(30-21)11-15-5-3-6-16(10-15)28-2/h3-12H,13H2,1-2H3/b22-11-. The zero-order valence-corrected chi connectivity index (χ0v) is 17.9. The van der Waals surface area contributed by atoms with Gasteiger partial charge in [0.2, 0.25) is 5.78 Å². The van der Waals surface area contributed by atoms with Crippen LogP contribution >= 0.6 is 23.2 Å². The molecule has 0 spiro atoms. The first kappa shape index (κ1) is 20.3. The molecule has 30 heavy (non-hydrogen) atoms. The molecular formula is C24H18Cl2O4. The molecule has 0 unspecified atom stereocenters. The number of methoxy groups -OCH3 is 1. The molecule has 0 atom stereocenters. The number of aryl methyl sites for hydroxylation is 1. The Bertz CT molecular complexity index is 1150. The lowest BCUT2D eigenvalue weighted by Crippen LogP contribution is -2.00. The summed E-state index contributed by atoms with van der Waals surface area (Å²) in [4.78, 5) is 12.9. The number of rotatable bonds is 5. The highest BCUT2D eigenvalue weighted by atomic mass is 35.5. The van der Waals surface area contributed by atoms with Crippen molar-refractivity contribution in [1.29, 1.82) is 0 Å². The highest BCUT2D eigenvalue weighted by Crippen LogP contribution is 2.38. The van der Waals surface area contributed by atoms with E-state index in [1.54, 1.807) is 43.5 Å². The largest absolute Gasteiger partial charge is 0.497 e. The van der Waals surface area contributed by atoms with E-state index in [4.69, 9.17) is 37.4 Å². The van der Waals surface area contributed by atoms with Crippen LogP contribution in [0.1, 0.15) is 27.0 Å². The molecule has 1 heterocycles. The molecule has 4 rings (SSSR count). The SMILES string of the molecule is COc1cccc(/C=C2\Oc3cc(OCc4c(Cl)cccc4Cl)cc(C)c3C2=O)c1. The molecule has 0 aliphatic carbocycles. The Kier molecular flexibility index (Phi) is 5.71. The average Bonchev–Trinajstić information content (AvgIpc) is 3.03. The number of carbonyl (C=O) groups is 1. The molecule has 4 nitrogen and oxygen atoms in total. The summed E-state index contributed by atoms with van der Waals surface area (Å²) in [5, 5.41) is 1.07. The predicted molar refractivity (Wildman–Crippen MR) is 118 cm³/mol. The van der Waals surface area contributed by atoms with Gasteiger partial charge in [0.15, 0.2) is 5.76 Å². The second-order valence-electron chi connectivity index (χ2n) is 6.82. The molecule has 152 valence electrons. The summed E-state index contributed by atoms with van der Waals surface area (Å²) in [5.41, 5.74) is 2.82.